The summed E-state index contributed by atoms with van der Waals surface area (Å²) in [6, 6.07) is 8.86. The second-order valence-electron chi connectivity index (χ2n) is 4.59. The second-order valence-corrected chi connectivity index (χ2v) is 5.84. The van der Waals surface area contributed by atoms with Crippen LogP contribution in [0, 0.1) is 10.1 Å². The van der Waals surface area contributed by atoms with Crippen LogP contribution in [-0.2, 0) is 19.6 Å². The van der Waals surface area contributed by atoms with Gasteiger partial charge in [-0.15, -0.1) is 11.3 Å². The molecule has 0 aliphatic rings. The van der Waals surface area contributed by atoms with Crippen molar-refractivity contribution in [3.63, 3.8) is 0 Å². The van der Waals surface area contributed by atoms with Crippen LogP contribution in [0.1, 0.15) is 22.2 Å². The molecular weight excluding hydrogens is 288 g/mol. The van der Waals surface area contributed by atoms with Crippen LogP contribution in [0.3, 0.4) is 0 Å². The van der Waals surface area contributed by atoms with E-state index < -0.39 is 4.92 Å². The summed E-state index contributed by atoms with van der Waals surface area (Å²) in [5.41, 5.74) is 0.871. The highest BCUT2D eigenvalue weighted by Gasteiger charge is 2.11. The van der Waals surface area contributed by atoms with Gasteiger partial charge in [-0.2, -0.15) is 0 Å². The van der Waals surface area contributed by atoms with E-state index in [-0.39, 0.29) is 5.69 Å². The minimum atomic E-state index is -0.393. The molecule has 0 amide bonds. The highest BCUT2D eigenvalue weighted by molar-refractivity contribution is 7.11. The van der Waals surface area contributed by atoms with Crippen LogP contribution in [0.5, 0.6) is 5.75 Å². The summed E-state index contributed by atoms with van der Waals surface area (Å²) in [5.74, 6) is 0.682. The van der Waals surface area contributed by atoms with Crippen molar-refractivity contribution in [1.29, 1.82) is 0 Å². The number of nitrogens with one attached hydrogen (secondary N) is 1. The number of rotatable bonds is 7. The van der Waals surface area contributed by atoms with E-state index in [1.54, 1.807) is 30.5 Å². The Morgan fingerprint density at radius 3 is 2.67 bits per heavy atom. The maximum Gasteiger partial charge on any atom is 0.270 e. The Balaban J connectivity index is 2.12. The topological polar surface area (TPSA) is 64.4 Å². The number of hydrogen-bond donors (Lipinski definition) is 1. The predicted octanol–water partition coefficient (Wildman–Crippen LogP) is 3.52. The van der Waals surface area contributed by atoms with Gasteiger partial charge in [0, 0.05) is 34.0 Å². The number of aryl methyl sites for hydroxylation is 1. The van der Waals surface area contributed by atoms with Crippen molar-refractivity contribution in [3.8, 4) is 5.75 Å². The van der Waals surface area contributed by atoms with E-state index in [9.17, 15) is 10.1 Å². The minimum Gasteiger partial charge on any atom is -0.488 e. The van der Waals surface area contributed by atoms with E-state index in [1.165, 1.54) is 10.9 Å². The van der Waals surface area contributed by atoms with E-state index >= 15 is 0 Å². The fraction of sp³-hybridized carbons (Fsp3) is 0.333. The number of nitro benzene ring substituents is 1. The zero-order valence-electron chi connectivity index (χ0n) is 12.1. The molecular formula is C15H18N2O3S. The van der Waals surface area contributed by atoms with Crippen LogP contribution in [0.4, 0.5) is 5.69 Å². The Morgan fingerprint density at radius 2 is 2.05 bits per heavy atom. The molecule has 21 heavy (non-hydrogen) atoms. The van der Waals surface area contributed by atoms with Crippen molar-refractivity contribution in [2.75, 3.05) is 7.05 Å². The molecule has 0 atom stereocenters. The van der Waals surface area contributed by atoms with Crippen molar-refractivity contribution in [2.24, 2.45) is 0 Å². The SMILES string of the molecule is CCc1ccc(COc2ccc([N+](=O)[O-])cc2CNC)s1. The summed E-state index contributed by atoms with van der Waals surface area (Å²) in [5, 5.41) is 13.8. The largest absolute Gasteiger partial charge is 0.488 e. The Hall–Kier alpha value is -1.92. The van der Waals surface area contributed by atoms with E-state index in [1.807, 2.05) is 0 Å². The normalized spacial score (nSPS) is 10.6. The van der Waals surface area contributed by atoms with Gasteiger partial charge in [0.25, 0.3) is 5.69 Å². The summed E-state index contributed by atoms with van der Waals surface area (Å²) in [7, 11) is 1.80. The van der Waals surface area contributed by atoms with Gasteiger partial charge in [0.1, 0.15) is 12.4 Å². The molecule has 0 aliphatic carbocycles. The van der Waals surface area contributed by atoms with Gasteiger partial charge in [-0.3, -0.25) is 10.1 Å². The molecule has 1 aromatic carbocycles. The standard InChI is InChI=1S/C15H18N2O3S/c1-3-13-5-6-14(21-13)10-20-15-7-4-12(17(18)19)8-11(15)9-16-2/h4-8,16H,3,9-10H2,1-2H3. The maximum atomic E-state index is 10.8. The quantitative estimate of drug-likeness (QED) is 0.628. The third-order valence-corrected chi connectivity index (χ3v) is 4.26. The first-order valence-corrected chi connectivity index (χ1v) is 7.58. The second kappa shape index (κ2) is 7.19. The molecule has 0 saturated heterocycles. The number of ether oxygens (including phenoxy) is 1. The van der Waals surface area contributed by atoms with E-state index in [4.69, 9.17) is 4.74 Å². The van der Waals surface area contributed by atoms with Gasteiger partial charge in [0.15, 0.2) is 0 Å². The first-order valence-electron chi connectivity index (χ1n) is 6.76. The fourth-order valence-corrected chi connectivity index (χ4v) is 2.86. The van der Waals surface area contributed by atoms with Crippen LogP contribution >= 0.6 is 11.3 Å². The molecule has 0 radical (unpaired) electrons. The number of benzene rings is 1. The highest BCUT2D eigenvalue weighted by atomic mass is 32.1. The molecule has 5 nitrogen and oxygen atoms in total. The van der Waals surface area contributed by atoms with Gasteiger partial charge < -0.3 is 10.1 Å². The van der Waals surface area contributed by atoms with Gasteiger partial charge in [-0.25, -0.2) is 0 Å². The lowest BCUT2D eigenvalue weighted by Gasteiger charge is -2.10. The average molecular weight is 306 g/mol. The summed E-state index contributed by atoms with van der Waals surface area (Å²) >= 11 is 1.73. The Labute approximate surface area is 127 Å². The molecule has 0 unspecified atom stereocenters. The average Bonchev–Trinajstić information content (AvgIpc) is 2.94. The summed E-state index contributed by atoms with van der Waals surface area (Å²) in [6.45, 7) is 3.14. The molecule has 2 rings (SSSR count). The first-order chi connectivity index (χ1) is 10.1. The van der Waals surface area contributed by atoms with Crippen molar-refractivity contribution < 1.29 is 9.66 Å². The van der Waals surface area contributed by atoms with Crippen molar-refractivity contribution in [3.05, 3.63) is 55.8 Å². The molecule has 0 saturated carbocycles. The van der Waals surface area contributed by atoms with Gasteiger partial charge in [0.05, 0.1) is 4.92 Å². The molecule has 0 spiro atoms. The fourth-order valence-electron chi connectivity index (χ4n) is 1.99. The number of thiophene rings is 1. The van der Waals surface area contributed by atoms with Gasteiger partial charge in [-0.1, -0.05) is 6.92 Å². The van der Waals surface area contributed by atoms with Crippen molar-refractivity contribution in [2.45, 2.75) is 26.5 Å². The van der Waals surface area contributed by atoms with Crippen molar-refractivity contribution in [1.82, 2.24) is 5.32 Å². The maximum absolute atomic E-state index is 10.8. The lowest BCUT2D eigenvalue weighted by molar-refractivity contribution is -0.384. The van der Waals surface area contributed by atoms with Gasteiger partial charge >= 0.3 is 0 Å². The predicted molar refractivity (Wildman–Crippen MR) is 83.9 cm³/mol. The zero-order chi connectivity index (χ0) is 15.2. The molecule has 0 aliphatic heterocycles. The smallest absolute Gasteiger partial charge is 0.270 e. The monoisotopic (exact) mass is 306 g/mol. The van der Waals surface area contributed by atoms with Crippen LogP contribution < -0.4 is 10.1 Å². The number of non-ortho nitro benzene ring substituents is 1. The number of hydrogen-bond acceptors (Lipinski definition) is 5. The van der Waals surface area contributed by atoms with E-state index in [2.05, 4.69) is 24.4 Å². The Kier molecular flexibility index (Phi) is 5.30. The summed E-state index contributed by atoms with van der Waals surface area (Å²) in [6.07, 6.45) is 1.02. The third-order valence-electron chi connectivity index (χ3n) is 3.06. The Morgan fingerprint density at radius 1 is 1.29 bits per heavy atom. The van der Waals surface area contributed by atoms with Crippen molar-refractivity contribution >= 4 is 17.0 Å². The molecule has 112 valence electrons. The number of nitro groups is 1. The van der Waals surface area contributed by atoms with Gasteiger partial charge in [0.2, 0.25) is 0 Å². The molecule has 1 N–H and O–H groups in total. The minimum absolute atomic E-state index is 0.0805. The summed E-state index contributed by atoms with van der Waals surface area (Å²) in [4.78, 5) is 12.9. The zero-order valence-corrected chi connectivity index (χ0v) is 12.9. The van der Waals surface area contributed by atoms with Gasteiger partial charge in [-0.05, 0) is 31.7 Å². The lowest BCUT2D eigenvalue weighted by atomic mass is 10.1. The van der Waals surface area contributed by atoms with Crippen LogP contribution in [0.15, 0.2) is 30.3 Å². The molecule has 1 aromatic heterocycles. The first kappa shape index (κ1) is 15.5. The highest BCUT2D eigenvalue weighted by Crippen LogP contribution is 2.26. The molecule has 2 aromatic rings. The van der Waals surface area contributed by atoms with Crippen LogP contribution in [0.2, 0.25) is 0 Å². The molecule has 1 heterocycles. The van der Waals surface area contributed by atoms with Crippen LogP contribution in [-0.4, -0.2) is 12.0 Å². The Bertz CT molecular complexity index is 625. The molecule has 6 heteroatoms. The lowest BCUT2D eigenvalue weighted by Crippen LogP contribution is -2.08. The molecule has 0 bridgehead atoms. The van der Waals surface area contributed by atoms with E-state index in [0.717, 1.165) is 16.9 Å². The van der Waals surface area contributed by atoms with Crippen LogP contribution in [0.25, 0.3) is 0 Å². The number of nitrogens with zero attached hydrogens (tertiary/aromatic N) is 1. The molecule has 0 fully saturated rings. The third kappa shape index (κ3) is 4.03. The summed E-state index contributed by atoms with van der Waals surface area (Å²) < 4.78 is 5.82. The van der Waals surface area contributed by atoms with E-state index in [0.29, 0.717) is 18.9 Å².